The van der Waals surface area contributed by atoms with Gasteiger partial charge in [-0.15, -0.1) is 0 Å². The van der Waals surface area contributed by atoms with Gasteiger partial charge in [0.05, 0.1) is 5.60 Å². The summed E-state index contributed by atoms with van der Waals surface area (Å²) in [4.78, 5) is 0. The molecule has 1 saturated carbocycles. The summed E-state index contributed by atoms with van der Waals surface area (Å²) in [6, 6.07) is 17.9. The molecule has 1 aliphatic rings. The van der Waals surface area contributed by atoms with Crippen LogP contribution in [-0.2, 0) is 5.60 Å². The number of rotatable bonds is 2. The van der Waals surface area contributed by atoms with Crippen molar-refractivity contribution in [3.05, 3.63) is 71.8 Å². The third-order valence-corrected chi connectivity index (χ3v) is 3.51. The van der Waals surface area contributed by atoms with E-state index in [9.17, 15) is 5.11 Å². The molecule has 2 unspecified atom stereocenters. The molecule has 3 rings (SSSR count). The maximum Gasteiger partial charge on any atom is 0.0964 e. The first-order valence-electron chi connectivity index (χ1n) is 7.75. The van der Waals surface area contributed by atoms with Crippen molar-refractivity contribution in [2.45, 2.75) is 30.7 Å². The Balaban J connectivity index is 2.22. The number of aliphatic hydroxyl groups is 1. The van der Waals surface area contributed by atoms with Crippen LogP contribution in [0.1, 0.15) is 40.3 Å². The van der Waals surface area contributed by atoms with Gasteiger partial charge in [0.2, 0.25) is 0 Å². The molecule has 0 heterocycles. The SMILES string of the molecule is [2H]C1([2H])CCC([2H])(c2ccccc2)C1(O)c1ccccc1. The van der Waals surface area contributed by atoms with E-state index in [1.165, 1.54) is 0 Å². The highest BCUT2D eigenvalue weighted by Crippen LogP contribution is 2.49. The Morgan fingerprint density at radius 1 is 1.06 bits per heavy atom. The Bertz CT molecular complexity index is 629. The summed E-state index contributed by atoms with van der Waals surface area (Å²) in [6.07, 6.45) is -1.39. The Hall–Kier alpha value is -1.60. The summed E-state index contributed by atoms with van der Waals surface area (Å²) in [5.74, 6) is -1.39. The van der Waals surface area contributed by atoms with Gasteiger partial charge in [-0.2, -0.15) is 0 Å². The van der Waals surface area contributed by atoms with Gasteiger partial charge < -0.3 is 5.11 Å². The van der Waals surface area contributed by atoms with Gasteiger partial charge in [0, 0.05) is 10.0 Å². The lowest BCUT2D eigenvalue weighted by Gasteiger charge is -2.31. The summed E-state index contributed by atoms with van der Waals surface area (Å²) < 4.78 is 25.4. The zero-order valence-electron chi connectivity index (χ0n) is 13.1. The van der Waals surface area contributed by atoms with Crippen molar-refractivity contribution in [3.8, 4) is 0 Å². The van der Waals surface area contributed by atoms with Gasteiger partial charge in [-0.1, -0.05) is 60.7 Å². The van der Waals surface area contributed by atoms with Crippen LogP contribution in [0.4, 0.5) is 0 Å². The zero-order valence-corrected chi connectivity index (χ0v) is 10.1. The molecular weight excluding hydrogens is 220 g/mol. The van der Waals surface area contributed by atoms with Crippen molar-refractivity contribution >= 4 is 0 Å². The third-order valence-electron chi connectivity index (χ3n) is 3.51. The fraction of sp³-hybridized carbons (Fsp3) is 0.294. The van der Waals surface area contributed by atoms with E-state index in [4.69, 9.17) is 4.11 Å². The van der Waals surface area contributed by atoms with Crippen LogP contribution in [0.2, 0.25) is 0 Å². The predicted molar refractivity (Wildman–Crippen MR) is 73.4 cm³/mol. The summed E-state index contributed by atoms with van der Waals surface area (Å²) in [5, 5.41) is 11.3. The molecule has 2 aromatic carbocycles. The van der Waals surface area contributed by atoms with E-state index in [0.29, 0.717) is 11.1 Å². The Labute approximate surface area is 112 Å². The lowest BCUT2D eigenvalue weighted by atomic mass is 9.80. The van der Waals surface area contributed by atoms with E-state index in [2.05, 4.69) is 0 Å². The van der Waals surface area contributed by atoms with Gasteiger partial charge >= 0.3 is 0 Å². The second kappa shape index (κ2) is 4.58. The highest BCUT2D eigenvalue weighted by Gasteiger charge is 2.42. The van der Waals surface area contributed by atoms with E-state index >= 15 is 0 Å². The van der Waals surface area contributed by atoms with Crippen LogP contribution in [0.5, 0.6) is 0 Å². The molecule has 0 saturated heterocycles. The molecule has 0 radical (unpaired) electrons. The van der Waals surface area contributed by atoms with Crippen LogP contribution >= 0.6 is 0 Å². The maximum absolute atomic E-state index is 11.3. The molecule has 0 spiro atoms. The molecule has 0 amide bonds. The molecule has 0 bridgehead atoms. The third kappa shape index (κ3) is 1.85. The molecular formula is C17H18O. The van der Waals surface area contributed by atoms with Crippen molar-refractivity contribution in [2.75, 3.05) is 0 Å². The topological polar surface area (TPSA) is 20.2 Å². The van der Waals surface area contributed by atoms with Gasteiger partial charge in [-0.3, -0.25) is 0 Å². The average molecular weight is 241 g/mol. The first kappa shape index (κ1) is 8.49. The molecule has 1 heteroatoms. The number of benzene rings is 2. The smallest absolute Gasteiger partial charge is 0.0964 e. The van der Waals surface area contributed by atoms with E-state index < -0.39 is 17.9 Å². The normalized spacial score (nSPS) is 36.6. The molecule has 1 aliphatic carbocycles. The van der Waals surface area contributed by atoms with Crippen molar-refractivity contribution in [1.82, 2.24) is 0 Å². The van der Waals surface area contributed by atoms with Crippen LogP contribution in [-0.4, -0.2) is 5.11 Å². The molecule has 1 N–H and O–H groups in total. The van der Waals surface area contributed by atoms with Crippen LogP contribution in [0.25, 0.3) is 0 Å². The van der Waals surface area contributed by atoms with Gasteiger partial charge in [-0.25, -0.2) is 0 Å². The maximum atomic E-state index is 11.3. The largest absolute Gasteiger partial charge is 0.385 e. The minimum atomic E-state index is -1.86. The van der Waals surface area contributed by atoms with Crippen LogP contribution in [0.15, 0.2) is 60.7 Å². The Morgan fingerprint density at radius 2 is 1.67 bits per heavy atom. The first-order valence-corrected chi connectivity index (χ1v) is 6.25. The van der Waals surface area contributed by atoms with Gasteiger partial charge in [0.25, 0.3) is 0 Å². The lowest BCUT2D eigenvalue weighted by molar-refractivity contribution is 0.0259. The highest BCUT2D eigenvalue weighted by atomic mass is 16.3. The highest BCUT2D eigenvalue weighted by molar-refractivity contribution is 5.32. The lowest BCUT2D eigenvalue weighted by Crippen LogP contribution is -2.28. The molecule has 2 aromatic rings. The Morgan fingerprint density at radius 3 is 2.33 bits per heavy atom. The van der Waals surface area contributed by atoms with Gasteiger partial charge in [-0.05, 0) is 30.3 Å². The average Bonchev–Trinajstić information content (AvgIpc) is 2.71. The van der Waals surface area contributed by atoms with Crippen LogP contribution in [0, 0.1) is 0 Å². The van der Waals surface area contributed by atoms with Crippen LogP contribution in [0.3, 0.4) is 0 Å². The molecule has 92 valence electrons. The van der Waals surface area contributed by atoms with E-state index in [1.807, 2.05) is 24.3 Å². The molecule has 1 fully saturated rings. The Kier molecular flexibility index (Phi) is 2.16. The van der Waals surface area contributed by atoms with E-state index in [-0.39, 0.29) is 12.8 Å². The number of hydrogen-bond acceptors (Lipinski definition) is 1. The molecule has 0 aromatic heterocycles. The van der Waals surface area contributed by atoms with Crippen molar-refractivity contribution in [1.29, 1.82) is 0 Å². The molecule has 1 nitrogen and oxygen atoms in total. The van der Waals surface area contributed by atoms with Crippen molar-refractivity contribution in [3.63, 3.8) is 0 Å². The van der Waals surface area contributed by atoms with Gasteiger partial charge in [0.15, 0.2) is 0 Å². The first-order chi connectivity index (χ1) is 9.92. The van der Waals surface area contributed by atoms with Crippen molar-refractivity contribution in [2.24, 2.45) is 0 Å². The molecule has 0 aliphatic heterocycles. The van der Waals surface area contributed by atoms with E-state index in [0.717, 1.165) is 0 Å². The predicted octanol–water partition coefficient (Wildman–Crippen LogP) is 3.84. The summed E-state index contributed by atoms with van der Waals surface area (Å²) in [7, 11) is 0. The molecule has 18 heavy (non-hydrogen) atoms. The standard InChI is InChI=1S/C17H18O/c18-17(15-10-5-2-6-11-15)13-7-12-16(17)14-8-3-1-4-9-14/h1-6,8-11,16,18H,7,12-13H2/i13D2,16D. The van der Waals surface area contributed by atoms with E-state index in [1.54, 1.807) is 36.4 Å². The monoisotopic (exact) mass is 241 g/mol. The second-order valence-electron chi connectivity index (χ2n) is 4.60. The second-order valence-corrected chi connectivity index (χ2v) is 4.60. The summed E-state index contributed by atoms with van der Waals surface area (Å²) >= 11 is 0. The van der Waals surface area contributed by atoms with Crippen LogP contribution < -0.4 is 0 Å². The molecule has 2 atom stereocenters. The number of hydrogen-bond donors (Lipinski definition) is 1. The summed E-state index contributed by atoms with van der Waals surface area (Å²) in [6.45, 7) is 0. The van der Waals surface area contributed by atoms with Crippen molar-refractivity contribution < 1.29 is 9.22 Å². The van der Waals surface area contributed by atoms with Gasteiger partial charge in [0.1, 0.15) is 0 Å². The summed E-state index contributed by atoms with van der Waals surface area (Å²) in [5.41, 5.74) is -0.744. The minimum Gasteiger partial charge on any atom is -0.385 e. The quantitative estimate of drug-likeness (QED) is 0.847. The minimum absolute atomic E-state index is 0.163. The fourth-order valence-electron chi connectivity index (χ4n) is 2.60. The fourth-order valence-corrected chi connectivity index (χ4v) is 2.60. The zero-order chi connectivity index (χ0) is 15.1.